The molecule has 0 aliphatic carbocycles. The summed E-state index contributed by atoms with van der Waals surface area (Å²) in [5.41, 5.74) is 3.20. The molecule has 0 saturated heterocycles. The van der Waals surface area contributed by atoms with Gasteiger partial charge in [0.25, 0.3) is 0 Å². The van der Waals surface area contributed by atoms with Crippen molar-refractivity contribution in [2.75, 3.05) is 12.4 Å². The van der Waals surface area contributed by atoms with E-state index in [1.54, 1.807) is 0 Å². The standard InChI is InChI=1S/C22H25N3O2S/c1-4-12-25-21(18-8-6-5-7-9-18)23-24-22(25)28-15-19(26)14-27-20-13-16(2)10-11-17(20)3/h4-11,13,19,26H,1,12,14-15H2,2-3H3. The molecule has 0 fully saturated rings. The Morgan fingerprint density at radius 2 is 1.96 bits per heavy atom. The highest BCUT2D eigenvalue weighted by molar-refractivity contribution is 7.99. The molecule has 0 amide bonds. The topological polar surface area (TPSA) is 60.2 Å². The highest BCUT2D eigenvalue weighted by Crippen LogP contribution is 2.25. The van der Waals surface area contributed by atoms with Gasteiger partial charge in [0.1, 0.15) is 12.4 Å². The molecule has 5 nitrogen and oxygen atoms in total. The number of benzene rings is 2. The number of aromatic nitrogens is 3. The molecular formula is C22H25N3O2S. The molecule has 0 aliphatic rings. The van der Waals surface area contributed by atoms with Crippen molar-refractivity contribution in [3.8, 4) is 17.1 Å². The molecule has 3 aromatic rings. The van der Waals surface area contributed by atoms with Gasteiger partial charge in [-0.2, -0.15) is 0 Å². The van der Waals surface area contributed by atoms with Gasteiger partial charge in [0, 0.05) is 17.9 Å². The third-order valence-electron chi connectivity index (χ3n) is 4.24. The smallest absolute Gasteiger partial charge is 0.191 e. The van der Waals surface area contributed by atoms with Gasteiger partial charge in [-0.1, -0.05) is 60.3 Å². The minimum absolute atomic E-state index is 0.235. The van der Waals surface area contributed by atoms with E-state index in [0.29, 0.717) is 12.3 Å². The minimum Gasteiger partial charge on any atom is -0.491 e. The second-order valence-corrected chi connectivity index (χ2v) is 7.60. The summed E-state index contributed by atoms with van der Waals surface area (Å²) in [5, 5.41) is 19.7. The van der Waals surface area contributed by atoms with Crippen molar-refractivity contribution in [2.24, 2.45) is 0 Å². The molecule has 1 aromatic heterocycles. The second kappa shape index (κ2) is 9.57. The number of aryl methyl sites for hydroxylation is 2. The third kappa shape index (κ3) is 5.03. The van der Waals surface area contributed by atoms with E-state index in [0.717, 1.165) is 33.4 Å². The number of rotatable bonds is 9. The lowest BCUT2D eigenvalue weighted by molar-refractivity contribution is 0.126. The van der Waals surface area contributed by atoms with E-state index in [-0.39, 0.29) is 6.61 Å². The molecule has 1 atom stereocenters. The Morgan fingerprint density at radius 1 is 1.18 bits per heavy atom. The van der Waals surface area contributed by atoms with Gasteiger partial charge in [-0.25, -0.2) is 0 Å². The van der Waals surface area contributed by atoms with Gasteiger partial charge in [-0.15, -0.1) is 16.8 Å². The Kier molecular flexibility index (Phi) is 6.90. The van der Waals surface area contributed by atoms with Crippen LogP contribution < -0.4 is 4.74 Å². The Morgan fingerprint density at radius 3 is 2.71 bits per heavy atom. The van der Waals surface area contributed by atoms with Gasteiger partial charge < -0.3 is 9.84 Å². The first-order valence-corrected chi connectivity index (χ1v) is 10.2. The number of allylic oxidation sites excluding steroid dienone is 1. The average Bonchev–Trinajstić information content (AvgIpc) is 3.10. The van der Waals surface area contributed by atoms with Gasteiger partial charge >= 0.3 is 0 Å². The Balaban J connectivity index is 1.63. The summed E-state index contributed by atoms with van der Waals surface area (Å²) in [6, 6.07) is 16.0. The summed E-state index contributed by atoms with van der Waals surface area (Å²) in [4.78, 5) is 0. The zero-order valence-corrected chi connectivity index (χ0v) is 17.0. The maximum absolute atomic E-state index is 10.4. The largest absolute Gasteiger partial charge is 0.491 e. The first-order chi connectivity index (χ1) is 13.6. The molecule has 0 bridgehead atoms. The SMILES string of the molecule is C=CCn1c(SCC(O)COc2cc(C)ccc2C)nnc1-c1ccccc1. The summed E-state index contributed by atoms with van der Waals surface area (Å²) in [5.74, 6) is 2.07. The molecule has 1 heterocycles. The lowest BCUT2D eigenvalue weighted by atomic mass is 10.1. The van der Waals surface area contributed by atoms with Crippen LogP contribution in [0.1, 0.15) is 11.1 Å². The van der Waals surface area contributed by atoms with Gasteiger partial charge in [0.15, 0.2) is 11.0 Å². The highest BCUT2D eigenvalue weighted by atomic mass is 32.2. The molecule has 0 radical (unpaired) electrons. The predicted molar refractivity (Wildman–Crippen MR) is 114 cm³/mol. The lowest BCUT2D eigenvalue weighted by Gasteiger charge is -2.14. The fourth-order valence-corrected chi connectivity index (χ4v) is 3.61. The first kappa shape index (κ1) is 20.2. The van der Waals surface area contributed by atoms with Crippen molar-refractivity contribution in [1.82, 2.24) is 14.8 Å². The van der Waals surface area contributed by atoms with Crippen molar-refractivity contribution in [1.29, 1.82) is 0 Å². The number of thioether (sulfide) groups is 1. The van der Waals surface area contributed by atoms with Crippen LogP contribution in [0.3, 0.4) is 0 Å². The summed E-state index contributed by atoms with van der Waals surface area (Å²) in [6.45, 7) is 8.69. The predicted octanol–water partition coefficient (Wildman–Crippen LogP) is 4.28. The molecule has 6 heteroatoms. The van der Waals surface area contributed by atoms with Crippen LogP contribution in [0, 0.1) is 13.8 Å². The van der Waals surface area contributed by atoms with Crippen molar-refractivity contribution in [2.45, 2.75) is 31.7 Å². The molecule has 28 heavy (non-hydrogen) atoms. The number of hydrogen-bond acceptors (Lipinski definition) is 5. The van der Waals surface area contributed by atoms with E-state index >= 15 is 0 Å². The van der Waals surface area contributed by atoms with Gasteiger partial charge in [-0.05, 0) is 31.0 Å². The van der Waals surface area contributed by atoms with Crippen molar-refractivity contribution >= 4 is 11.8 Å². The summed E-state index contributed by atoms with van der Waals surface area (Å²) in [6.07, 6.45) is 1.21. The molecule has 2 aromatic carbocycles. The molecule has 0 saturated carbocycles. The van der Waals surface area contributed by atoms with E-state index in [1.165, 1.54) is 11.8 Å². The van der Waals surface area contributed by atoms with Crippen LogP contribution >= 0.6 is 11.8 Å². The van der Waals surface area contributed by atoms with Crippen molar-refractivity contribution < 1.29 is 9.84 Å². The first-order valence-electron chi connectivity index (χ1n) is 9.19. The molecular weight excluding hydrogens is 370 g/mol. The number of nitrogens with zero attached hydrogens (tertiary/aromatic N) is 3. The van der Waals surface area contributed by atoms with E-state index in [2.05, 4.69) is 16.8 Å². The van der Waals surface area contributed by atoms with Crippen molar-refractivity contribution in [3.63, 3.8) is 0 Å². The van der Waals surface area contributed by atoms with Crippen LogP contribution in [0.4, 0.5) is 0 Å². The molecule has 1 unspecified atom stereocenters. The zero-order valence-electron chi connectivity index (χ0n) is 16.2. The molecule has 0 spiro atoms. The maximum Gasteiger partial charge on any atom is 0.191 e. The van der Waals surface area contributed by atoms with E-state index < -0.39 is 6.10 Å². The van der Waals surface area contributed by atoms with Gasteiger partial charge in [-0.3, -0.25) is 4.57 Å². The van der Waals surface area contributed by atoms with Gasteiger partial charge in [0.2, 0.25) is 0 Å². The minimum atomic E-state index is -0.612. The van der Waals surface area contributed by atoms with Crippen LogP contribution in [0.25, 0.3) is 11.4 Å². The molecule has 146 valence electrons. The fraction of sp³-hybridized carbons (Fsp3) is 0.273. The average molecular weight is 396 g/mol. The second-order valence-electron chi connectivity index (χ2n) is 6.62. The van der Waals surface area contributed by atoms with Crippen LogP contribution in [-0.2, 0) is 6.54 Å². The lowest BCUT2D eigenvalue weighted by Crippen LogP contribution is -2.20. The number of aliphatic hydroxyl groups excluding tert-OH is 1. The Bertz CT molecular complexity index is 925. The Labute approximate surface area is 170 Å². The van der Waals surface area contributed by atoms with Crippen molar-refractivity contribution in [3.05, 3.63) is 72.3 Å². The molecule has 0 aliphatic heterocycles. The van der Waals surface area contributed by atoms with Crippen LogP contribution in [0.2, 0.25) is 0 Å². The summed E-state index contributed by atoms with van der Waals surface area (Å²) >= 11 is 1.46. The number of ether oxygens (including phenoxy) is 1. The zero-order chi connectivity index (χ0) is 19.9. The molecule has 1 N–H and O–H groups in total. The van der Waals surface area contributed by atoms with E-state index in [9.17, 15) is 5.11 Å². The maximum atomic E-state index is 10.4. The van der Waals surface area contributed by atoms with Crippen LogP contribution in [0.5, 0.6) is 5.75 Å². The fourth-order valence-electron chi connectivity index (χ4n) is 2.76. The normalized spacial score (nSPS) is 12.0. The van der Waals surface area contributed by atoms with E-state index in [4.69, 9.17) is 4.74 Å². The number of aliphatic hydroxyl groups is 1. The van der Waals surface area contributed by atoms with E-state index in [1.807, 2.05) is 73.0 Å². The highest BCUT2D eigenvalue weighted by Gasteiger charge is 2.15. The summed E-state index contributed by atoms with van der Waals surface area (Å²) in [7, 11) is 0. The number of hydrogen-bond donors (Lipinski definition) is 1. The summed E-state index contributed by atoms with van der Waals surface area (Å²) < 4.78 is 7.80. The monoisotopic (exact) mass is 395 g/mol. The van der Waals surface area contributed by atoms with Crippen LogP contribution in [-0.4, -0.2) is 38.3 Å². The quantitative estimate of drug-likeness (QED) is 0.433. The third-order valence-corrected chi connectivity index (χ3v) is 5.35. The van der Waals surface area contributed by atoms with Gasteiger partial charge in [0.05, 0.1) is 6.10 Å². The molecule has 3 rings (SSSR count). The Hall–Kier alpha value is -2.57. The van der Waals surface area contributed by atoms with Crippen LogP contribution in [0.15, 0.2) is 66.3 Å².